The van der Waals surface area contributed by atoms with E-state index in [2.05, 4.69) is 20.9 Å². The topological polar surface area (TPSA) is 30.0 Å². The predicted octanol–water partition coefficient (Wildman–Crippen LogP) is 4.44. The molecule has 82 valence electrons. The molecule has 2 heterocycles. The lowest BCUT2D eigenvalue weighted by molar-refractivity contribution is 0.103. The van der Waals surface area contributed by atoms with E-state index in [-0.39, 0.29) is 16.5 Å². The summed E-state index contributed by atoms with van der Waals surface area (Å²) in [5.74, 6) is -0.213. The molecule has 0 spiro atoms. The van der Waals surface area contributed by atoms with E-state index in [0.717, 1.165) is 4.47 Å². The van der Waals surface area contributed by atoms with Gasteiger partial charge >= 0.3 is 0 Å². The number of rotatable bonds is 2. The Kier molecular flexibility index (Phi) is 3.64. The van der Waals surface area contributed by atoms with Gasteiger partial charge in [0, 0.05) is 27.0 Å². The number of carbonyl (C=O) groups is 1. The summed E-state index contributed by atoms with van der Waals surface area (Å²) in [6, 6.07) is 1.50. The molecular formula is C10H4BrCl2NOS. The van der Waals surface area contributed by atoms with Crippen molar-refractivity contribution in [1.82, 2.24) is 4.98 Å². The molecule has 0 aliphatic heterocycles. The molecule has 0 radical (unpaired) electrons. The van der Waals surface area contributed by atoms with Crippen LogP contribution in [0.2, 0.25) is 10.0 Å². The van der Waals surface area contributed by atoms with Crippen molar-refractivity contribution in [3.63, 3.8) is 0 Å². The average molecular weight is 337 g/mol. The maximum Gasteiger partial charge on any atom is 0.214 e. The number of pyridine rings is 1. The first-order valence-corrected chi connectivity index (χ1v) is 6.66. The van der Waals surface area contributed by atoms with Gasteiger partial charge in [0.05, 0.1) is 10.0 Å². The highest BCUT2D eigenvalue weighted by atomic mass is 79.9. The molecule has 2 nitrogen and oxygen atoms in total. The molecule has 0 aromatic carbocycles. The highest BCUT2D eigenvalue weighted by Crippen LogP contribution is 2.27. The molecule has 0 N–H and O–H groups in total. The fraction of sp³-hybridized carbons (Fsp3) is 0. The summed E-state index contributed by atoms with van der Waals surface area (Å²) in [5.41, 5.74) is 0.770. The maximum atomic E-state index is 12.0. The number of halogens is 3. The zero-order valence-electron chi connectivity index (χ0n) is 7.71. The molecule has 0 atom stereocenters. The van der Waals surface area contributed by atoms with E-state index in [0.29, 0.717) is 10.6 Å². The number of aromatic nitrogens is 1. The fourth-order valence-electron chi connectivity index (χ4n) is 1.15. The average Bonchev–Trinajstić information content (AvgIpc) is 2.63. The maximum absolute atomic E-state index is 12.0. The van der Waals surface area contributed by atoms with E-state index in [1.54, 1.807) is 5.38 Å². The van der Waals surface area contributed by atoms with Crippen molar-refractivity contribution in [3.8, 4) is 0 Å². The van der Waals surface area contributed by atoms with Crippen LogP contribution in [-0.4, -0.2) is 10.8 Å². The first-order chi connectivity index (χ1) is 7.59. The van der Waals surface area contributed by atoms with Crippen molar-refractivity contribution in [2.24, 2.45) is 0 Å². The van der Waals surface area contributed by atoms with Gasteiger partial charge in [-0.05, 0) is 22.0 Å². The molecule has 2 rings (SSSR count). The lowest BCUT2D eigenvalue weighted by Crippen LogP contribution is -2.04. The number of nitrogens with zero attached hydrogens (tertiary/aromatic N) is 1. The standard InChI is InChI=1S/C10H4BrCl2NOS/c11-7-4-16-3-6(7)10(15)9-8(13)1-5(12)2-14-9/h1-4H. The summed E-state index contributed by atoms with van der Waals surface area (Å²) in [5, 5.41) is 4.25. The van der Waals surface area contributed by atoms with E-state index < -0.39 is 0 Å². The Balaban J connectivity index is 2.46. The summed E-state index contributed by atoms with van der Waals surface area (Å²) in [6.07, 6.45) is 1.40. The second-order valence-electron chi connectivity index (χ2n) is 2.95. The molecular weight excluding hydrogens is 333 g/mol. The molecule has 2 aromatic rings. The molecule has 0 aliphatic carbocycles. The number of ketones is 1. The second kappa shape index (κ2) is 4.84. The minimum atomic E-state index is -0.213. The van der Waals surface area contributed by atoms with Gasteiger partial charge in [-0.25, -0.2) is 4.98 Å². The van der Waals surface area contributed by atoms with Crippen LogP contribution in [0.15, 0.2) is 27.5 Å². The predicted molar refractivity (Wildman–Crippen MR) is 69.7 cm³/mol. The second-order valence-corrected chi connectivity index (χ2v) is 5.39. The third-order valence-electron chi connectivity index (χ3n) is 1.88. The van der Waals surface area contributed by atoms with Crippen LogP contribution in [0.1, 0.15) is 16.1 Å². The third kappa shape index (κ3) is 2.30. The molecule has 0 amide bonds. The Labute approximate surface area is 114 Å². The quantitative estimate of drug-likeness (QED) is 0.759. The molecule has 0 aliphatic rings. The van der Waals surface area contributed by atoms with Gasteiger partial charge in [-0.3, -0.25) is 4.79 Å². The third-order valence-corrected chi connectivity index (χ3v) is 4.08. The monoisotopic (exact) mass is 335 g/mol. The molecule has 2 aromatic heterocycles. The van der Waals surface area contributed by atoms with Crippen molar-refractivity contribution >= 4 is 56.3 Å². The summed E-state index contributed by atoms with van der Waals surface area (Å²) in [4.78, 5) is 16.0. The van der Waals surface area contributed by atoms with Crippen molar-refractivity contribution in [3.05, 3.63) is 48.8 Å². The first-order valence-electron chi connectivity index (χ1n) is 4.17. The molecule has 0 bridgehead atoms. The van der Waals surface area contributed by atoms with Crippen LogP contribution in [0.5, 0.6) is 0 Å². The van der Waals surface area contributed by atoms with Crippen molar-refractivity contribution < 1.29 is 4.79 Å². The van der Waals surface area contributed by atoms with Crippen LogP contribution in [0, 0.1) is 0 Å². The van der Waals surface area contributed by atoms with E-state index in [4.69, 9.17) is 23.2 Å². The highest BCUT2D eigenvalue weighted by Gasteiger charge is 2.17. The molecule has 0 fully saturated rings. The number of thiophene rings is 1. The summed E-state index contributed by atoms with van der Waals surface area (Å²) in [6.45, 7) is 0. The molecule has 0 saturated carbocycles. The van der Waals surface area contributed by atoms with Crippen LogP contribution >= 0.6 is 50.5 Å². The summed E-state index contributed by atoms with van der Waals surface area (Å²) in [7, 11) is 0. The lowest BCUT2D eigenvalue weighted by atomic mass is 10.1. The summed E-state index contributed by atoms with van der Waals surface area (Å²) >= 11 is 16.4. The van der Waals surface area contributed by atoms with Crippen LogP contribution in [0.3, 0.4) is 0 Å². The number of carbonyl (C=O) groups excluding carboxylic acids is 1. The Morgan fingerprint density at radius 2 is 2.12 bits per heavy atom. The zero-order valence-corrected chi connectivity index (χ0v) is 11.6. The Bertz CT molecular complexity index is 556. The molecule has 6 heteroatoms. The molecule has 0 unspecified atom stereocenters. The van der Waals surface area contributed by atoms with E-state index >= 15 is 0 Å². The molecule has 16 heavy (non-hydrogen) atoms. The van der Waals surface area contributed by atoms with Crippen molar-refractivity contribution in [2.45, 2.75) is 0 Å². The van der Waals surface area contributed by atoms with Gasteiger partial charge in [0.25, 0.3) is 0 Å². The lowest BCUT2D eigenvalue weighted by Gasteiger charge is -2.01. The van der Waals surface area contributed by atoms with Crippen LogP contribution < -0.4 is 0 Å². The van der Waals surface area contributed by atoms with E-state index in [1.165, 1.54) is 23.6 Å². The zero-order chi connectivity index (χ0) is 11.7. The minimum Gasteiger partial charge on any atom is -0.287 e. The SMILES string of the molecule is O=C(c1cscc1Br)c1ncc(Cl)cc1Cl. The molecule has 0 saturated heterocycles. The Morgan fingerprint density at radius 3 is 2.69 bits per heavy atom. The van der Waals surface area contributed by atoms with Crippen molar-refractivity contribution in [2.75, 3.05) is 0 Å². The van der Waals surface area contributed by atoms with Gasteiger partial charge in [-0.2, -0.15) is 11.3 Å². The highest BCUT2D eigenvalue weighted by molar-refractivity contribution is 9.10. The van der Waals surface area contributed by atoms with Gasteiger partial charge < -0.3 is 0 Å². The van der Waals surface area contributed by atoms with Gasteiger partial charge in [0.2, 0.25) is 5.78 Å². The normalized spacial score (nSPS) is 10.4. The van der Waals surface area contributed by atoms with Gasteiger partial charge in [-0.15, -0.1) is 0 Å². The Hall–Kier alpha value is -0.420. The smallest absolute Gasteiger partial charge is 0.214 e. The fourth-order valence-corrected chi connectivity index (χ4v) is 3.07. The van der Waals surface area contributed by atoms with Crippen LogP contribution in [0.4, 0.5) is 0 Å². The number of hydrogen-bond donors (Lipinski definition) is 0. The minimum absolute atomic E-state index is 0.213. The Morgan fingerprint density at radius 1 is 1.38 bits per heavy atom. The van der Waals surface area contributed by atoms with Crippen molar-refractivity contribution in [1.29, 1.82) is 0 Å². The van der Waals surface area contributed by atoms with Crippen LogP contribution in [0.25, 0.3) is 0 Å². The largest absolute Gasteiger partial charge is 0.287 e. The number of hydrogen-bond acceptors (Lipinski definition) is 3. The first kappa shape index (κ1) is 12.0. The summed E-state index contributed by atoms with van der Waals surface area (Å²) < 4.78 is 0.746. The van der Waals surface area contributed by atoms with Gasteiger partial charge in [0.15, 0.2) is 0 Å². The van der Waals surface area contributed by atoms with Crippen LogP contribution in [-0.2, 0) is 0 Å². The van der Waals surface area contributed by atoms with E-state index in [1.807, 2.05) is 5.38 Å². The van der Waals surface area contributed by atoms with E-state index in [9.17, 15) is 4.79 Å². The van der Waals surface area contributed by atoms with Gasteiger partial charge in [-0.1, -0.05) is 23.2 Å². The van der Waals surface area contributed by atoms with Gasteiger partial charge in [0.1, 0.15) is 5.69 Å².